The first-order valence-corrected chi connectivity index (χ1v) is 19.6. The highest BCUT2D eigenvalue weighted by Crippen LogP contribution is 2.52. The number of ketones is 1. The maximum absolute atomic E-state index is 14.2. The third kappa shape index (κ3) is 8.88. The Morgan fingerprint density at radius 2 is 1.63 bits per heavy atom. The standard InChI is InChI=1S/C38H58NO10P3/c1-10-29(40)45-32-21(4)28(43-9)16-17-44-38(8)36(41)30-26-15-14-25(18-27(26)34(49-52)24(7)35(30)46-38)39-37(42)20(3)13-11-12-19(2)31(47-50)22(5)33(48-51)23(32)6/h11-13,16-17,19,21-23,25-28,31-33H,10,14-15,18,50-52H2,1-9H3,(H,39,42)/b12-11+,17-16+,20-13-. The first kappa shape index (κ1) is 42.6. The Morgan fingerprint density at radius 1 is 0.962 bits per heavy atom. The highest BCUT2D eigenvalue weighted by atomic mass is 31.0. The topological polar surface area (TPSA) is 128 Å². The van der Waals surface area contributed by atoms with Crippen LogP contribution in [0.2, 0.25) is 0 Å². The molecule has 5 aliphatic rings. The number of allylic oxidation sites excluding steroid dienone is 4. The van der Waals surface area contributed by atoms with Crippen LogP contribution in [0, 0.1) is 35.5 Å². The Kier molecular flexibility index (Phi) is 15.1. The minimum atomic E-state index is -1.61. The van der Waals surface area contributed by atoms with Crippen molar-refractivity contribution in [2.45, 2.75) is 117 Å². The molecule has 0 aromatic carbocycles. The van der Waals surface area contributed by atoms with Crippen molar-refractivity contribution in [3.8, 4) is 0 Å². The van der Waals surface area contributed by atoms with E-state index < -0.39 is 24.1 Å². The molecule has 11 nitrogen and oxygen atoms in total. The van der Waals surface area contributed by atoms with Crippen LogP contribution in [-0.4, -0.2) is 61.0 Å². The Hall–Kier alpha value is -2.12. The molecule has 15 unspecified atom stereocenters. The number of carbonyl (C=O) groups excluding carboxylic acids is 3. The van der Waals surface area contributed by atoms with Gasteiger partial charge in [0, 0.05) is 97.7 Å². The van der Waals surface area contributed by atoms with Crippen LogP contribution in [0.15, 0.2) is 58.8 Å². The van der Waals surface area contributed by atoms with E-state index in [2.05, 4.69) is 40.6 Å². The van der Waals surface area contributed by atoms with E-state index in [1.54, 1.807) is 40.0 Å². The summed E-state index contributed by atoms with van der Waals surface area (Å²) >= 11 is 0. The van der Waals surface area contributed by atoms with Crippen LogP contribution in [-0.2, 0) is 46.9 Å². The molecule has 0 spiro atoms. The summed E-state index contributed by atoms with van der Waals surface area (Å²) < 4.78 is 42.4. The van der Waals surface area contributed by atoms with Crippen molar-refractivity contribution in [1.82, 2.24) is 5.32 Å². The van der Waals surface area contributed by atoms with Crippen LogP contribution in [0.4, 0.5) is 0 Å². The predicted octanol–water partition coefficient (Wildman–Crippen LogP) is 6.83. The number of hydrogen-bond acceptors (Lipinski definition) is 10. The van der Waals surface area contributed by atoms with Crippen LogP contribution < -0.4 is 5.32 Å². The summed E-state index contributed by atoms with van der Waals surface area (Å²) in [7, 11) is 8.65. The molecule has 3 aliphatic heterocycles. The maximum Gasteiger partial charge on any atom is 0.312 e. The third-order valence-electron chi connectivity index (χ3n) is 11.4. The van der Waals surface area contributed by atoms with Crippen molar-refractivity contribution >= 4 is 46.1 Å². The summed E-state index contributed by atoms with van der Waals surface area (Å²) in [6.45, 7) is 15.1. The van der Waals surface area contributed by atoms with E-state index in [9.17, 15) is 14.4 Å². The van der Waals surface area contributed by atoms with Gasteiger partial charge in [-0.3, -0.25) is 14.4 Å². The molecule has 0 saturated heterocycles. The highest BCUT2D eigenvalue weighted by Gasteiger charge is 2.55. The lowest BCUT2D eigenvalue weighted by Crippen LogP contribution is -2.47. The van der Waals surface area contributed by atoms with E-state index in [0.717, 1.165) is 11.3 Å². The summed E-state index contributed by atoms with van der Waals surface area (Å²) in [6.07, 6.45) is 9.12. The molecule has 15 atom stereocenters. The van der Waals surface area contributed by atoms with E-state index >= 15 is 0 Å². The second kappa shape index (κ2) is 18.5. The number of nitrogens with one attached hydrogen (secondary N) is 1. The SMILES string of the molecule is CCC(=O)OC1C(C)C(OC)/C=C/OC2(C)OC3=C(C2=O)C2CCC(CC2C(OP)=C3C)NC(=O)/C(C)=C\C=C\C(C)C(OP)C(C)C(OP)C1C. The van der Waals surface area contributed by atoms with Crippen LogP contribution in [0.1, 0.15) is 81.1 Å². The van der Waals surface area contributed by atoms with Gasteiger partial charge < -0.3 is 37.8 Å². The molecular formula is C38H58NO10P3. The molecule has 2 aliphatic carbocycles. The number of amides is 1. The quantitative estimate of drug-likeness (QED) is 0.226. The molecule has 3 heterocycles. The van der Waals surface area contributed by atoms with Gasteiger partial charge in [-0.15, -0.1) is 0 Å². The Labute approximate surface area is 316 Å². The van der Waals surface area contributed by atoms with Gasteiger partial charge in [0.15, 0.2) is 0 Å². The van der Waals surface area contributed by atoms with Crippen LogP contribution in [0.25, 0.3) is 0 Å². The maximum atomic E-state index is 14.2. The molecule has 14 heteroatoms. The van der Waals surface area contributed by atoms with Gasteiger partial charge >= 0.3 is 11.8 Å². The number of hydrogen-bond donors (Lipinski definition) is 1. The molecule has 5 bridgehead atoms. The van der Waals surface area contributed by atoms with Gasteiger partial charge in [0.25, 0.3) is 0 Å². The Morgan fingerprint density at radius 3 is 2.25 bits per heavy atom. The van der Waals surface area contributed by atoms with Crippen molar-refractivity contribution in [2.75, 3.05) is 7.11 Å². The lowest BCUT2D eigenvalue weighted by molar-refractivity contribution is -0.172. The van der Waals surface area contributed by atoms with Crippen molar-refractivity contribution in [3.63, 3.8) is 0 Å². The van der Waals surface area contributed by atoms with Crippen molar-refractivity contribution in [2.24, 2.45) is 35.5 Å². The van der Waals surface area contributed by atoms with E-state index in [1.165, 1.54) is 6.26 Å². The zero-order chi connectivity index (χ0) is 38.5. The molecular weight excluding hydrogens is 723 g/mol. The molecule has 290 valence electrons. The van der Waals surface area contributed by atoms with Crippen molar-refractivity contribution in [1.29, 1.82) is 0 Å². The Bertz CT molecular complexity index is 1490. The fourth-order valence-electron chi connectivity index (χ4n) is 8.36. The average molecular weight is 782 g/mol. The molecule has 0 aromatic heterocycles. The van der Waals surface area contributed by atoms with Gasteiger partial charge in [-0.1, -0.05) is 52.8 Å². The van der Waals surface area contributed by atoms with E-state index in [0.29, 0.717) is 36.2 Å². The van der Waals surface area contributed by atoms with Gasteiger partial charge in [0.1, 0.15) is 17.6 Å². The van der Waals surface area contributed by atoms with E-state index in [-0.39, 0.29) is 71.7 Å². The molecule has 1 fully saturated rings. The number of Topliss-reactive ketones (excluding diaryl/α,β-unsaturated/α-hetero) is 1. The Balaban J connectivity index is 1.76. The summed E-state index contributed by atoms with van der Waals surface area (Å²) in [5.41, 5.74) is 1.90. The zero-order valence-corrected chi connectivity index (χ0v) is 35.3. The first-order valence-electron chi connectivity index (χ1n) is 18.2. The van der Waals surface area contributed by atoms with Crippen LogP contribution in [0.5, 0.6) is 0 Å². The van der Waals surface area contributed by atoms with Crippen molar-refractivity contribution in [3.05, 3.63) is 58.8 Å². The summed E-state index contributed by atoms with van der Waals surface area (Å²) in [6, 6.07) is -0.103. The molecule has 1 saturated carbocycles. The average Bonchev–Trinajstić information content (AvgIpc) is 3.39. The number of esters is 1. The van der Waals surface area contributed by atoms with Gasteiger partial charge in [-0.05, 0) is 39.2 Å². The van der Waals surface area contributed by atoms with Gasteiger partial charge in [0.05, 0.1) is 34.0 Å². The zero-order valence-electron chi connectivity index (χ0n) is 31.9. The molecule has 1 amide bonds. The normalized spacial score (nSPS) is 39.8. The largest absolute Gasteiger partial charge is 0.484 e. The predicted molar refractivity (Wildman–Crippen MR) is 208 cm³/mol. The van der Waals surface area contributed by atoms with Crippen LogP contribution in [0.3, 0.4) is 0 Å². The van der Waals surface area contributed by atoms with E-state index in [1.807, 2.05) is 39.8 Å². The third-order valence-corrected chi connectivity index (χ3v) is 12.3. The monoisotopic (exact) mass is 781 g/mol. The number of methoxy groups -OCH3 is 1. The second-order valence-electron chi connectivity index (χ2n) is 14.8. The summed E-state index contributed by atoms with van der Waals surface area (Å²) in [4.78, 5) is 40.4. The fraction of sp³-hybridized carbons (Fsp3) is 0.658. The van der Waals surface area contributed by atoms with Crippen LogP contribution >= 0.6 is 28.4 Å². The lowest BCUT2D eigenvalue weighted by Gasteiger charge is -2.40. The highest BCUT2D eigenvalue weighted by molar-refractivity contribution is 7.10. The number of rotatable bonds is 6. The fourth-order valence-corrected chi connectivity index (χ4v) is 9.70. The first-order chi connectivity index (χ1) is 24.7. The smallest absolute Gasteiger partial charge is 0.312 e. The number of fused-ring (bicyclic) bond motifs is 14. The van der Waals surface area contributed by atoms with Gasteiger partial charge in [-0.25, -0.2) is 0 Å². The second-order valence-corrected chi connectivity index (χ2v) is 15.5. The molecule has 0 aromatic rings. The summed E-state index contributed by atoms with van der Waals surface area (Å²) in [5.74, 6) is -2.32. The number of ether oxygens (including phenoxy) is 4. The van der Waals surface area contributed by atoms with Gasteiger partial charge in [0.2, 0.25) is 11.7 Å². The van der Waals surface area contributed by atoms with Crippen molar-refractivity contribution < 1.29 is 46.9 Å². The molecule has 5 rings (SSSR count). The molecule has 0 radical (unpaired) electrons. The molecule has 52 heavy (non-hydrogen) atoms. The van der Waals surface area contributed by atoms with E-state index in [4.69, 9.17) is 32.5 Å². The lowest BCUT2D eigenvalue weighted by atomic mass is 9.67. The minimum absolute atomic E-state index is 0.0660. The van der Waals surface area contributed by atoms with Gasteiger partial charge in [-0.2, -0.15) is 0 Å². The number of carbonyl (C=O) groups is 3. The molecule has 1 N–H and O–H groups in total. The summed E-state index contributed by atoms with van der Waals surface area (Å²) in [5, 5.41) is 3.21. The minimum Gasteiger partial charge on any atom is -0.484 e.